The number of nitrogens with zero attached hydrogens (tertiary/aromatic N) is 1. The van der Waals surface area contributed by atoms with Gasteiger partial charge < -0.3 is 10.2 Å². The third-order valence-corrected chi connectivity index (χ3v) is 3.81. The molecule has 1 aromatic carbocycles. The first-order valence-corrected chi connectivity index (χ1v) is 6.66. The van der Waals surface area contributed by atoms with E-state index in [0.29, 0.717) is 0 Å². The number of piperidine rings is 1. The van der Waals surface area contributed by atoms with Crippen molar-refractivity contribution < 1.29 is 4.39 Å². The Labute approximate surface area is 102 Å². The second-order valence-electron chi connectivity index (χ2n) is 5.04. The van der Waals surface area contributed by atoms with Gasteiger partial charge in [-0.05, 0) is 49.8 Å². The maximum atomic E-state index is 14.1. The summed E-state index contributed by atoms with van der Waals surface area (Å²) < 4.78 is 14.1. The molecule has 1 saturated heterocycles. The maximum absolute atomic E-state index is 14.1. The Balaban J connectivity index is 1.93. The SMILES string of the molecule is Fc1cc2c(cc1N1CCCCC1)CCCN2. The lowest BCUT2D eigenvalue weighted by molar-refractivity contribution is 0.556. The van der Waals surface area contributed by atoms with Gasteiger partial charge in [-0.3, -0.25) is 0 Å². The molecule has 0 saturated carbocycles. The highest BCUT2D eigenvalue weighted by Crippen LogP contribution is 2.31. The number of hydrogen-bond acceptors (Lipinski definition) is 2. The van der Waals surface area contributed by atoms with Crippen molar-refractivity contribution in [2.75, 3.05) is 29.9 Å². The fraction of sp³-hybridized carbons (Fsp3) is 0.571. The molecule has 0 amide bonds. The molecule has 0 spiro atoms. The lowest BCUT2D eigenvalue weighted by Gasteiger charge is -2.30. The predicted molar refractivity (Wildman–Crippen MR) is 69.3 cm³/mol. The van der Waals surface area contributed by atoms with Crippen LogP contribution in [0.5, 0.6) is 0 Å². The first-order valence-electron chi connectivity index (χ1n) is 6.66. The first-order chi connectivity index (χ1) is 8.34. The molecule has 2 nitrogen and oxygen atoms in total. The van der Waals surface area contributed by atoms with Crippen LogP contribution in [-0.4, -0.2) is 19.6 Å². The average molecular weight is 234 g/mol. The largest absolute Gasteiger partial charge is 0.385 e. The highest BCUT2D eigenvalue weighted by Gasteiger charge is 2.18. The lowest BCUT2D eigenvalue weighted by atomic mass is 10.0. The maximum Gasteiger partial charge on any atom is 0.148 e. The summed E-state index contributed by atoms with van der Waals surface area (Å²) in [5.74, 6) is -0.0694. The summed E-state index contributed by atoms with van der Waals surface area (Å²) in [5, 5.41) is 3.28. The number of fused-ring (bicyclic) bond motifs is 1. The number of hydrogen-bond donors (Lipinski definition) is 1. The summed E-state index contributed by atoms with van der Waals surface area (Å²) in [5.41, 5.74) is 3.08. The van der Waals surface area contributed by atoms with Gasteiger partial charge in [-0.1, -0.05) is 0 Å². The van der Waals surface area contributed by atoms with Crippen molar-refractivity contribution in [3.8, 4) is 0 Å². The zero-order chi connectivity index (χ0) is 11.7. The van der Waals surface area contributed by atoms with Gasteiger partial charge in [-0.25, -0.2) is 4.39 Å². The van der Waals surface area contributed by atoms with Crippen LogP contribution in [0.1, 0.15) is 31.2 Å². The molecule has 2 aliphatic heterocycles. The molecular formula is C14H19FN2. The summed E-state index contributed by atoms with van der Waals surface area (Å²) in [7, 11) is 0. The van der Waals surface area contributed by atoms with E-state index < -0.39 is 0 Å². The summed E-state index contributed by atoms with van der Waals surface area (Å²) in [6.45, 7) is 2.97. The van der Waals surface area contributed by atoms with Crippen LogP contribution in [0, 0.1) is 5.82 Å². The van der Waals surface area contributed by atoms with Gasteiger partial charge in [0.2, 0.25) is 0 Å². The molecule has 0 bridgehead atoms. The Morgan fingerprint density at radius 1 is 1.06 bits per heavy atom. The van der Waals surface area contributed by atoms with E-state index in [1.165, 1.54) is 24.8 Å². The van der Waals surface area contributed by atoms with Crippen molar-refractivity contribution in [3.05, 3.63) is 23.5 Å². The lowest BCUT2D eigenvalue weighted by Crippen LogP contribution is -2.30. The van der Waals surface area contributed by atoms with E-state index in [9.17, 15) is 4.39 Å². The van der Waals surface area contributed by atoms with E-state index in [2.05, 4.69) is 16.3 Å². The molecule has 0 aromatic heterocycles. The van der Waals surface area contributed by atoms with Gasteiger partial charge in [0.05, 0.1) is 5.69 Å². The smallest absolute Gasteiger partial charge is 0.148 e. The van der Waals surface area contributed by atoms with E-state index in [1.54, 1.807) is 6.07 Å². The van der Waals surface area contributed by atoms with Crippen molar-refractivity contribution in [2.24, 2.45) is 0 Å². The molecule has 17 heavy (non-hydrogen) atoms. The van der Waals surface area contributed by atoms with Crippen LogP contribution in [-0.2, 0) is 6.42 Å². The van der Waals surface area contributed by atoms with Gasteiger partial charge in [0.15, 0.2) is 0 Å². The van der Waals surface area contributed by atoms with Crippen molar-refractivity contribution in [3.63, 3.8) is 0 Å². The van der Waals surface area contributed by atoms with Crippen LogP contribution >= 0.6 is 0 Å². The fourth-order valence-corrected chi connectivity index (χ4v) is 2.86. The molecular weight excluding hydrogens is 215 g/mol. The highest BCUT2D eigenvalue weighted by atomic mass is 19.1. The first kappa shape index (κ1) is 10.9. The number of aryl methyl sites for hydroxylation is 1. The molecule has 0 radical (unpaired) electrons. The van der Waals surface area contributed by atoms with Crippen molar-refractivity contribution >= 4 is 11.4 Å². The monoisotopic (exact) mass is 234 g/mol. The molecule has 3 rings (SSSR count). The third kappa shape index (κ3) is 2.11. The van der Waals surface area contributed by atoms with Crippen molar-refractivity contribution in [1.29, 1.82) is 0 Å². The average Bonchev–Trinajstić information content (AvgIpc) is 2.39. The summed E-state index contributed by atoms with van der Waals surface area (Å²) in [6.07, 6.45) is 5.88. The number of rotatable bonds is 1. The van der Waals surface area contributed by atoms with E-state index in [4.69, 9.17) is 0 Å². The van der Waals surface area contributed by atoms with Crippen LogP contribution in [0.3, 0.4) is 0 Å². The molecule has 92 valence electrons. The zero-order valence-corrected chi connectivity index (χ0v) is 10.1. The molecule has 1 aromatic rings. The standard InChI is InChI=1S/C14H19FN2/c15-12-10-13-11(5-4-6-16-13)9-14(12)17-7-2-1-3-8-17/h9-10,16H,1-8H2. The van der Waals surface area contributed by atoms with Gasteiger partial charge in [-0.15, -0.1) is 0 Å². The Bertz CT molecular complexity index is 411. The van der Waals surface area contributed by atoms with Crippen LogP contribution < -0.4 is 10.2 Å². The van der Waals surface area contributed by atoms with Gasteiger partial charge in [0.1, 0.15) is 5.82 Å². The van der Waals surface area contributed by atoms with Crippen LogP contribution in [0.4, 0.5) is 15.8 Å². The van der Waals surface area contributed by atoms with E-state index in [1.807, 2.05) is 0 Å². The summed E-state index contributed by atoms with van der Waals surface area (Å²) in [4.78, 5) is 2.20. The van der Waals surface area contributed by atoms with Gasteiger partial charge in [0, 0.05) is 25.3 Å². The van der Waals surface area contributed by atoms with Gasteiger partial charge >= 0.3 is 0 Å². The molecule has 0 aliphatic carbocycles. The van der Waals surface area contributed by atoms with Gasteiger partial charge in [0.25, 0.3) is 0 Å². The van der Waals surface area contributed by atoms with Crippen molar-refractivity contribution in [1.82, 2.24) is 0 Å². The Kier molecular flexibility index (Phi) is 2.91. The summed E-state index contributed by atoms with van der Waals surface area (Å²) >= 11 is 0. The van der Waals surface area contributed by atoms with Crippen LogP contribution in [0.15, 0.2) is 12.1 Å². The molecule has 2 aliphatic rings. The fourth-order valence-electron chi connectivity index (χ4n) is 2.86. The molecule has 1 N–H and O–H groups in total. The minimum atomic E-state index is -0.0694. The van der Waals surface area contributed by atoms with Crippen LogP contribution in [0.2, 0.25) is 0 Å². The highest BCUT2D eigenvalue weighted by molar-refractivity contribution is 5.62. The molecule has 3 heteroatoms. The second-order valence-corrected chi connectivity index (χ2v) is 5.04. The molecule has 1 fully saturated rings. The van der Waals surface area contributed by atoms with E-state index in [0.717, 1.165) is 43.9 Å². The minimum absolute atomic E-state index is 0.0694. The van der Waals surface area contributed by atoms with Crippen LogP contribution in [0.25, 0.3) is 0 Å². The van der Waals surface area contributed by atoms with Gasteiger partial charge in [-0.2, -0.15) is 0 Å². The second kappa shape index (κ2) is 4.55. The Morgan fingerprint density at radius 3 is 2.71 bits per heavy atom. The topological polar surface area (TPSA) is 15.3 Å². The number of anilines is 2. The van der Waals surface area contributed by atoms with E-state index >= 15 is 0 Å². The number of nitrogens with one attached hydrogen (secondary N) is 1. The third-order valence-electron chi connectivity index (χ3n) is 3.81. The normalized spacial score (nSPS) is 19.7. The summed E-state index contributed by atoms with van der Waals surface area (Å²) in [6, 6.07) is 3.74. The molecule has 0 atom stereocenters. The number of halogens is 1. The Morgan fingerprint density at radius 2 is 1.88 bits per heavy atom. The molecule has 2 heterocycles. The quantitative estimate of drug-likeness (QED) is 0.803. The van der Waals surface area contributed by atoms with Crippen molar-refractivity contribution in [2.45, 2.75) is 32.1 Å². The van der Waals surface area contributed by atoms with E-state index in [-0.39, 0.29) is 5.82 Å². The molecule has 0 unspecified atom stereocenters. The minimum Gasteiger partial charge on any atom is -0.385 e. The zero-order valence-electron chi connectivity index (χ0n) is 10.1. The number of benzene rings is 1. The Hall–Kier alpha value is -1.25. The predicted octanol–water partition coefficient (Wildman–Crippen LogP) is 3.17.